The zero-order chi connectivity index (χ0) is 14.5. The summed E-state index contributed by atoms with van der Waals surface area (Å²) in [5.41, 5.74) is 3.20. The Kier molecular flexibility index (Phi) is 4.92. The molecule has 7 heteroatoms. The number of pyridine rings is 1. The largest absolute Gasteiger partial charge is 0.370 e. The van der Waals surface area contributed by atoms with Gasteiger partial charge in [0.2, 0.25) is 0 Å². The Labute approximate surface area is 126 Å². The topological polar surface area (TPSA) is 66.9 Å². The average molecular weight is 311 g/mol. The van der Waals surface area contributed by atoms with E-state index in [1.807, 2.05) is 13.8 Å². The van der Waals surface area contributed by atoms with Crippen LogP contribution in [0.1, 0.15) is 27.9 Å². The fourth-order valence-electron chi connectivity index (χ4n) is 1.66. The molecule has 0 unspecified atom stereocenters. The fourth-order valence-corrected chi connectivity index (χ4v) is 2.58. The van der Waals surface area contributed by atoms with Gasteiger partial charge in [-0.15, -0.1) is 11.3 Å². The molecule has 2 aromatic rings. The van der Waals surface area contributed by atoms with Crippen molar-refractivity contribution >= 4 is 34.7 Å². The second-order valence-electron chi connectivity index (χ2n) is 4.14. The lowest BCUT2D eigenvalue weighted by Crippen LogP contribution is -2.23. The molecule has 0 aromatic carbocycles. The van der Waals surface area contributed by atoms with Crippen LogP contribution in [0.4, 0.5) is 5.82 Å². The van der Waals surface area contributed by atoms with Crippen molar-refractivity contribution in [2.75, 3.05) is 11.9 Å². The molecule has 106 valence electrons. The number of nitrogens with zero attached hydrogens (tertiary/aromatic N) is 2. The molecule has 5 nitrogen and oxygen atoms in total. The average Bonchev–Trinajstić information content (AvgIpc) is 2.81. The molecule has 0 saturated carbocycles. The summed E-state index contributed by atoms with van der Waals surface area (Å²) >= 11 is 7.44. The maximum atomic E-state index is 12.1. The van der Waals surface area contributed by atoms with Crippen molar-refractivity contribution in [3.05, 3.63) is 38.9 Å². The number of aromatic nitrogens is 2. The monoisotopic (exact) mass is 310 g/mol. The van der Waals surface area contributed by atoms with Crippen LogP contribution in [0.3, 0.4) is 0 Å². The Morgan fingerprint density at radius 2 is 2.25 bits per heavy atom. The van der Waals surface area contributed by atoms with Crippen molar-refractivity contribution in [3.63, 3.8) is 0 Å². The Bertz CT molecular complexity index is 614. The molecule has 0 aliphatic carbocycles. The molecule has 0 atom stereocenters. The summed E-state index contributed by atoms with van der Waals surface area (Å²) in [4.78, 5) is 21.4. The van der Waals surface area contributed by atoms with Crippen LogP contribution in [0.5, 0.6) is 0 Å². The highest BCUT2D eigenvalue weighted by Gasteiger charge is 2.10. The Morgan fingerprint density at radius 3 is 2.90 bits per heavy atom. The van der Waals surface area contributed by atoms with Crippen molar-refractivity contribution < 1.29 is 4.79 Å². The number of carbonyl (C=O) groups is 1. The van der Waals surface area contributed by atoms with E-state index in [2.05, 4.69) is 20.6 Å². The molecule has 0 spiro atoms. The van der Waals surface area contributed by atoms with Crippen molar-refractivity contribution in [3.8, 4) is 0 Å². The van der Waals surface area contributed by atoms with E-state index < -0.39 is 0 Å². The van der Waals surface area contributed by atoms with Gasteiger partial charge in [0.05, 0.1) is 17.7 Å². The van der Waals surface area contributed by atoms with E-state index in [0.717, 1.165) is 10.6 Å². The smallest absolute Gasteiger partial charge is 0.251 e. The predicted octanol–water partition coefficient (Wildman–Crippen LogP) is 2.86. The number of thiazole rings is 1. The molecule has 1 amide bonds. The van der Waals surface area contributed by atoms with Crippen LogP contribution in [0.15, 0.2) is 17.6 Å². The highest BCUT2D eigenvalue weighted by Crippen LogP contribution is 2.15. The van der Waals surface area contributed by atoms with Crippen molar-refractivity contribution in [2.45, 2.75) is 20.4 Å². The van der Waals surface area contributed by atoms with E-state index in [1.165, 1.54) is 11.3 Å². The third-order valence-electron chi connectivity index (χ3n) is 2.67. The number of rotatable bonds is 5. The molecular formula is C13H15ClN4OS. The number of halogens is 1. The third kappa shape index (κ3) is 3.68. The molecule has 0 bridgehead atoms. The van der Waals surface area contributed by atoms with Crippen LogP contribution in [-0.4, -0.2) is 22.4 Å². The quantitative estimate of drug-likeness (QED) is 0.833. The second kappa shape index (κ2) is 6.67. The highest BCUT2D eigenvalue weighted by molar-refractivity contribution is 7.09. The Morgan fingerprint density at radius 1 is 1.45 bits per heavy atom. The van der Waals surface area contributed by atoms with Gasteiger partial charge in [0.1, 0.15) is 11.0 Å². The number of nitrogens with one attached hydrogen (secondary N) is 2. The minimum absolute atomic E-state index is 0.179. The standard InChI is InChI=1S/C13H15ClN4OS/c1-3-15-12-5-9(4-11(14)18-12)13(19)16-6-10-8(2)17-7-20-10/h4-5,7H,3,6H2,1-2H3,(H,15,18)(H,16,19). The molecule has 0 saturated heterocycles. The van der Waals surface area contributed by atoms with Gasteiger partial charge in [0.25, 0.3) is 5.91 Å². The number of aryl methyl sites for hydroxylation is 1. The van der Waals surface area contributed by atoms with Crippen LogP contribution < -0.4 is 10.6 Å². The van der Waals surface area contributed by atoms with E-state index in [0.29, 0.717) is 29.6 Å². The van der Waals surface area contributed by atoms with Gasteiger partial charge in [0, 0.05) is 17.0 Å². The van der Waals surface area contributed by atoms with E-state index in [-0.39, 0.29) is 5.91 Å². The maximum Gasteiger partial charge on any atom is 0.251 e. The summed E-state index contributed by atoms with van der Waals surface area (Å²) in [6.45, 7) is 5.06. The number of hydrogen-bond acceptors (Lipinski definition) is 5. The van der Waals surface area contributed by atoms with Crippen LogP contribution in [0.25, 0.3) is 0 Å². The SMILES string of the molecule is CCNc1cc(C(=O)NCc2scnc2C)cc(Cl)n1. The Hall–Kier alpha value is -1.66. The minimum atomic E-state index is -0.179. The van der Waals surface area contributed by atoms with Crippen LogP contribution in [0.2, 0.25) is 5.15 Å². The molecule has 0 radical (unpaired) electrons. The number of anilines is 1. The molecule has 20 heavy (non-hydrogen) atoms. The van der Waals surface area contributed by atoms with Gasteiger partial charge in [-0.1, -0.05) is 11.6 Å². The van der Waals surface area contributed by atoms with E-state index in [1.54, 1.807) is 17.6 Å². The van der Waals surface area contributed by atoms with Gasteiger partial charge in [-0.05, 0) is 26.0 Å². The summed E-state index contributed by atoms with van der Waals surface area (Å²) in [5, 5.41) is 6.19. The first-order valence-corrected chi connectivity index (χ1v) is 7.44. The molecule has 2 rings (SSSR count). The fraction of sp³-hybridized carbons (Fsp3) is 0.308. The van der Waals surface area contributed by atoms with Crippen molar-refractivity contribution in [2.24, 2.45) is 0 Å². The van der Waals surface area contributed by atoms with Crippen molar-refractivity contribution in [1.82, 2.24) is 15.3 Å². The second-order valence-corrected chi connectivity index (χ2v) is 5.46. The molecule has 0 fully saturated rings. The number of carbonyl (C=O) groups excluding carboxylic acids is 1. The molecular weight excluding hydrogens is 296 g/mol. The minimum Gasteiger partial charge on any atom is -0.370 e. The summed E-state index contributed by atoms with van der Waals surface area (Å²) in [6.07, 6.45) is 0. The maximum absolute atomic E-state index is 12.1. The van der Waals surface area contributed by atoms with Crippen LogP contribution in [0, 0.1) is 6.92 Å². The van der Waals surface area contributed by atoms with Gasteiger partial charge in [-0.2, -0.15) is 0 Å². The summed E-state index contributed by atoms with van der Waals surface area (Å²) in [6, 6.07) is 3.24. The van der Waals surface area contributed by atoms with Gasteiger partial charge in [0.15, 0.2) is 0 Å². The first kappa shape index (κ1) is 14.7. The van der Waals surface area contributed by atoms with Gasteiger partial charge >= 0.3 is 0 Å². The lowest BCUT2D eigenvalue weighted by Gasteiger charge is -2.07. The first-order valence-electron chi connectivity index (χ1n) is 6.18. The zero-order valence-corrected chi connectivity index (χ0v) is 12.8. The predicted molar refractivity (Wildman–Crippen MR) is 81.4 cm³/mol. The van der Waals surface area contributed by atoms with E-state index >= 15 is 0 Å². The molecule has 0 aliphatic rings. The van der Waals surface area contributed by atoms with Gasteiger partial charge < -0.3 is 10.6 Å². The van der Waals surface area contributed by atoms with E-state index in [9.17, 15) is 4.79 Å². The lowest BCUT2D eigenvalue weighted by molar-refractivity contribution is 0.0951. The normalized spacial score (nSPS) is 10.3. The molecule has 0 aliphatic heterocycles. The lowest BCUT2D eigenvalue weighted by atomic mass is 10.2. The summed E-state index contributed by atoms with van der Waals surface area (Å²) < 4.78 is 0. The first-order chi connectivity index (χ1) is 9.60. The molecule has 2 aromatic heterocycles. The van der Waals surface area contributed by atoms with E-state index in [4.69, 9.17) is 11.6 Å². The molecule has 2 heterocycles. The molecule has 2 N–H and O–H groups in total. The zero-order valence-electron chi connectivity index (χ0n) is 11.2. The van der Waals surface area contributed by atoms with Gasteiger partial charge in [-0.3, -0.25) is 4.79 Å². The number of hydrogen-bond donors (Lipinski definition) is 2. The summed E-state index contributed by atoms with van der Waals surface area (Å²) in [7, 11) is 0. The third-order valence-corrected chi connectivity index (χ3v) is 3.80. The van der Waals surface area contributed by atoms with Crippen LogP contribution >= 0.6 is 22.9 Å². The number of amides is 1. The van der Waals surface area contributed by atoms with Crippen LogP contribution in [-0.2, 0) is 6.54 Å². The Balaban J connectivity index is 2.07. The summed E-state index contributed by atoms with van der Waals surface area (Å²) in [5.74, 6) is 0.417. The van der Waals surface area contributed by atoms with Crippen molar-refractivity contribution in [1.29, 1.82) is 0 Å². The van der Waals surface area contributed by atoms with Gasteiger partial charge in [-0.25, -0.2) is 9.97 Å². The highest BCUT2D eigenvalue weighted by atomic mass is 35.5.